The minimum absolute atomic E-state index is 0.967. The van der Waals surface area contributed by atoms with Crippen LogP contribution in [0.5, 0.6) is 11.5 Å². The van der Waals surface area contributed by atoms with Crippen LogP contribution in [0.15, 0.2) is 48.5 Å². The quantitative estimate of drug-likeness (QED) is 0.551. The van der Waals surface area contributed by atoms with Gasteiger partial charge >= 0.3 is 8.56 Å². The fraction of sp³-hybridized carbons (Fsp3) is 0.400. The number of hydrogen-bond acceptors (Lipinski definition) is 2. The van der Waals surface area contributed by atoms with Crippen LogP contribution >= 0.6 is 0 Å². The zero-order chi connectivity index (χ0) is 16.7. The number of para-hydroxylation sites is 2. The molecule has 124 valence electrons. The summed E-state index contributed by atoms with van der Waals surface area (Å²) < 4.78 is 13.2. The molecule has 0 aliphatic carbocycles. The molecule has 0 atom stereocenters. The highest BCUT2D eigenvalue weighted by Crippen LogP contribution is 2.31. The van der Waals surface area contributed by atoms with Gasteiger partial charge in [0.05, 0.1) is 0 Å². The van der Waals surface area contributed by atoms with Gasteiger partial charge in [0, 0.05) is 12.1 Å². The van der Waals surface area contributed by atoms with Crippen LogP contribution in [0.25, 0.3) is 0 Å². The summed E-state index contributed by atoms with van der Waals surface area (Å²) >= 11 is 0. The van der Waals surface area contributed by atoms with E-state index in [0.29, 0.717) is 0 Å². The predicted molar refractivity (Wildman–Crippen MR) is 99.6 cm³/mol. The molecular formula is C20H28O2Si. The molecule has 0 N–H and O–H groups in total. The van der Waals surface area contributed by atoms with Crippen molar-refractivity contribution in [3.05, 3.63) is 59.7 Å². The fourth-order valence-corrected chi connectivity index (χ4v) is 6.34. The summed E-state index contributed by atoms with van der Waals surface area (Å²) in [6.07, 6.45) is 2.15. The highest BCUT2D eigenvalue weighted by molar-refractivity contribution is 6.69. The van der Waals surface area contributed by atoms with Gasteiger partial charge in [0.15, 0.2) is 0 Å². The van der Waals surface area contributed by atoms with Gasteiger partial charge in [-0.05, 0) is 37.1 Å². The third-order valence-electron chi connectivity index (χ3n) is 4.04. The summed E-state index contributed by atoms with van der Waals surface area (Å²) in [5.41, 5.74) is 2.34. The highest BCUT2D eigenvalue weighted by Gasteiger charge is 2.41. The Hall–Kier alpha value is -1.74. The molecule has 0 unspecified atom stereocenters. The van der Waals surface area contributed by atoms with Crippen LogP contribution in [0.1, 0.15) is 37.8 Å². The maximum Gasteiger partial charge on any atom is 0.460 e. The van der Waals surface area contributed by atoms with Crippen LogP contribution in [0.2, 0.25) is 12.1 Å². The second kappa shape index (κ2) is 8.21. The van der Waals surface area contributed by atoms with E-state index in [0.717, 1.165) is 36.4 Å². The molecule has 0 aromatic heterocycles. The van der Waals surface area contributed by atoms with Crippen molar-refractivity contribution in [1.29, 1.82) is 0 Å². The molecule has 0 radical (unpaired) electrons. The first kappa shape index (κ1) is 17.6. The average Bonchev–Trinajstić information content (AvgIpc) is 2.52. The van der Waals surface area contributed by atoms with E-state index >= 15 is 0 Å². The molecule has 0 spiro atoms. The summed E-state index contributed by atoms with van der Waals surface area (Å²) in [5.74, 6) is 1.93. The maximum absolute atomic E-state index is 6.59. The van der Waals surface area contributed by atoms with Crippen molar-refractivity contribution in [3.8, 4) is 11.5 Å². The summed E-state index contributed by atoms with van der Waals surface area (Å²) in [4.78, 5) is 0. The van der Waals surface area contributed by atoms with Gasteiger partial charge in [0.1, 0.15) is 11.5 Å². The van der Waals surface area contributed by atoms with E-state index in [4.69, 9.17) is 8.85 Å². The third kappa shape index (κ3) is 4.61. The van der Waals surface area contributed by atoms with Gasteiger partial charge in [0.2, 0.25) is 0 Å². The molecule has 2 rings (SSSR count). The van der Waals surface area contributed by atoms with Gasteiger partial charge in [-0.3, -0.25) is 0 Å². The van der Waals surface area contributed by atoms with E-state index in [9.17, 15) is 0 Å². The highest BCUT2D eigenvalue weighted by atomic mass is 28.4. The molecule has 0 aliphatic rings. The number of benzene rings is 2. The first-order chi connectivity index (χ1) is 11.1. The van der Waals surface area contributed by atoms with Crippen molar-refractivity contribution >= 4 is 8.56 Å². The number of rotatable bonds is 8. The Kier molecular flexibility index (Phi) is 6.28. The molecular weight excluding hydrogens is 300 g/mol. The summed E-state index contributed by atoms with van der Waals surface area (Å²) in [6.45, 7) is 8.61. The molecule has 2 nitrogen and oxygen atoms in total. The van der Waals surface area contributed by atoms with Gasteiger partial charge in [-0.25, -0.2) is 0 Å². The van der Waals surface area contributed by atoms with E-state index in [2.05, 4.69) is 52.0 Å². The Labute approximate surface area is 141 Å². The van der Waals surface area contributed by atoms with E-state index in [1.54, 1.807) is 0 Å². The SMILES string of the molecule is CCC[Si](CCC)(Oc1ccccc1C)Oc1ccccc1C. The van der Waals surface area contributed by atoms with Gasteiger partial charge < -0.3 is 8.85 Å². The lowest BCUT2D eigenvalue weighted by molar-refractivity contribution is 0.372. The Bertz CT molecular complexity index is 569. The molecule has 2 aromatic rings. The molecule has 0 saturated carbocycles. The number of aryl methyl sites for hydroxylation is 2. The predicted octanol–water partition coefficient (Wildman–Crippen LogP) is 6.02. The Morgan fingerprint density at radius 1 is 0.696 bits per heavy atom. The first-order valence-electron chi connectivity index (χ1n) is 8.59. The smallest absolute Gasteiger partial charge is 0.460 e. The molecule has 23 heavy (non-hydrogen) atoms. The standard InChI is InChI=1S/C20H28O2Si/c1-5-15-23(16-6-2,21-19-13-9-7-11-17(19)3)22-20-14-10-8-12-18(20)4/h7-14H,5-6,15-16H2,1-4H3. The van der Waals surface area contributed by atoms with Gasteiger partial charge in [-0.15, -0.1) is 0 Å². The van der Waals surface area contributed by atoms with Crippen LogP contribution in [0.4, 0.5) is 0 Å². The van der Waals surface area contributed by atoms with Crippen LogP contribution in [0.3, 0.4) is 0 Å². The summed E-state index contributed by atoms with van der Waals surface area (Å²) in [6, 6.07) is 18.5. The second-order valence-electron chi connectivity index (χ2n) is 6.15. The van der Waals surface area contributed by atoms with E-state index < -0.39 is 8.56 Å². The molecule has 0 aliphatic heterocycles. The normalized spacial score (nSPS) is 11.3. The zero-order valence-electron chi connectivity index (χ0n) is 14.8. The largest absolute Gasteiger partial charge is 0.512 e. The van der Waals surface area contributed by atoms with E-state index in [1.165, 1.54) is 11.1 Å². The van der Waals surface area contributed by atoms with Gasteiger partial charge in [-0.2, -0.15) is 0 Å². The van der Waals surface area contributed by atoms with Crippen LogP contribution in [0, 0.1) is 13.8 Å². The van der Waals surface area contributed by atoms with Crippen molar-refractivity contribution in [2.45, 2.75) is 52.6 Å². The molecule has 0 fully saturated rings. The second-order valence-corrected chi connectivity index (χ2v) is 9.38. The minimum Gasteiger partial charge on any atom is -0.512 e. The third-order valence-corrected chi connectivity index (χ3v) is 7.75. The van der Waals surface area contributed by atoms with Crippen LogP contribution < -0.4 is 8.85 Å². The average molecular weight is 329 g/mol. The molecule has 0 amide bonds. The fourth-order valence-electron chi connectivity index (χ4n) is 2.85. The van der Waals surface area contributed by atoms with Crippen molar-refractivity contribution in [1.82, 2.24) is 0 Å². The van der Waals surface area contributed by atoms with E-state index in [-0.39, 0.29) is 0 Å². The monoisotopic (exact) mass is 328 g/mol. The lowest BCUT2D eigenvalue weighted by Crippen LogP contribution is -2.48. The van der Waals surface area contributed by atoms with E-state index in [1.807, 2.05) is 24.3 Å². The zero-order valence-corrected chi connectivity index (χ0v) is 15.8. The Balaban J connectivity index is 2.34. The lowest BCUT2D eigenvalue weighted by atomic mass is 10.2. The summed E-state index contributed by atoms with van der Waals surface area (Å²) in [7, 11) is -2.34. The van der Waals surface area contributed by atoms with Crippen molar-refractivity contribution in [2.24, 2.45) is 0 Å². The van der Waals surface area contributed by atoms with Crippen molar-refractivity contribution in [2.75, 3.05) is 0 Å². The summed E-state index contributed by atoms with van der Waals surface area (Å²) in [5, 5.41) is 0. The van der Waals surface area contributed by atoms with Crippen molar-refractivity contribution < 1.29 is 8.85 Å². The van der Waals surface area contributed by atoms with Crippen LogP contribution in [-0.4, -0.2) is 8.56 Å². The van der Waals surface area contributed by atoms with Gasteiger partial charge in [-0.1, -0.05) is 63.1 Å². The molecule has 2 aromatic carbocycles. The molecule has 0 heterocycles. The Morgan fingerprint density at radius 3 is 1.43 bits per heavy atom. The van der Waals surface area contributed by atoms with Crippen LogP contribution in [-0.2, 0) is 0 Å². The lowest BCUT2D eigenvalue weighted by Gasteiger charge is -2.32. The van der Waals surface area contributed by atoms with Crippen molar-refractivity contribution in [3.63, 3.8) is 0 Å². The van der Waals surface area contributed by atoms with Gasteiger partial charge in [0.25, 0.3) is 0 Å². The maximum atomic E-state index is 6.59. The molecule has 0 bridgehead atoms. The topological polar surface area (TPSA) is 18.5 Å². The minimum atomic E-state index is -2.34. The first-order valence-corrected chi connectivity index (χ1v) is 10.8. The molecule has 0 saturated heterocycles. The molecule has 3 heteroatoms. The Morgan fingerprint density at radius 2 is 1.09 bits per heavy atom. The number of hydrogen-bond donors (Lipinski definition) is 0.